The maximum atomic E-state index is 10.7. The summed E-state index contributed by atoms with van der Waals surface area (Å²) in [5, 5.41) is 19.5. The zero-order valence-electron chi connectivity index (χ0n) is 8.43. The maximum absolute atomic E-state index is 10.7. The topological polar surface area (TPSA) is 76.2 Å². The van der Waals surface area contributed by atoms with E-state index in [1.807, 2.05) is 6.07 Å². The number of benzene rings is 1. The average Bonchev–Trinajstić information content (AvgIpc) is 2.16. The van der Waals surface area contributed by atoms with Crippen LogP contribution in [0.25, 0.3) is 0 Å². The van der Waals surface area contributed by atoms with Gasteiger partial charge in [0.05, 0.1) is 11.0 Å². The lowest BCUT2D eigenvalue weighted by molar-refractivity contribution is -0.386. The Kier molecular flexibility index (Phi) is 3.24. The van der Waals surface area contributed by atoms with Crippen LogP contribution in [0, 0.1) is 21.4 Å². The molecule has 0 amide bonds. The van der Waals surface area contributed by atoms with E-state index in [1.165, 1.54) is 18.2 Å². The molecule has 1 rings (SSSR count). The van der Waals surface area contributed by atoms with E-state index in [9.17, 15) is 10.1 Å². The van der Waals surface area contributed by atoms with Crippen molar-refractivity contribution >= 4 is 5.69 Å². The Labute approximate surface area is 87.1 Å². The molecule has 0 aromatic heterocycles. The molecule has 0 bridgehead atoms. The Morgan fingerprint density at radius 3 is 2.67 bits per heavy atom. The second kappa shape index (κ2) is 4.42. The SMILES string of the molecule is CC(C)Oc1c(C#N)cccc1[N+](=O)[O-]. The summed E-state index contributed by atoms with van der Waals surface area (Å²) in [6.45, 7) is 3.50. The average molecular weight is 206 g/mol. The summed E-state index contributed by atoms with van der Waals surface area (Å²) in [5.74, 6) is 0.0417. The highest BCUT2D eigenvalue weighted by atomic mass is 16.6. The first-order valence-electron chi connectivity index (χ1n) is 4.40. The molecule has 0 unspecified atom stereocenters. The van der Waals surface area contributed by atoms with Crippen LogP contribution in [-0.4, -0.2) is 11.0 Å². The Hall–Kier alpha value is -2.09. The van der Waals surface area contributed by atoms with Gasteiger partial charge in [-0.05, 0) is 19.9 Å². The molecule has 0 saturated heterocycles. The van der Waals surface area contributed by atoms with E-state index in [2.05, 4.69) is 0 Å². The zero-order valence-corrected chi connectivity index (χ0v) is 8.43. The van der Waals surface area contributed by atoms with Crippen LogP contribution in [0.2, 0.25) is 0 Å². The summed E-state index contributed by atoms with van der Waals surface area (Å²) < 4.78 is 5.26. The van der Waals surface area contributed by atoms with E-state index in [0.29, 0.717) is 0 Å². The Morgan fingerprint density at radius 2 is 2.20 bits per heavy atom. The molecular formula is C10H10N2O3. The van der Waals surface area contributed by atoms with Crippen LogP contribution in [0.5, 0.6) is 5.75 Å². The highest BCUT2D eigenvalue weighted by Crippen LogP contribution is 2.31. The minimum Gasteiger partial charge on any atom is -0.483 e. The van der Waals surface area contributed by atoms with Gasteiger partial charge in [0.2, 0.25) is 5.75 Å². The molecule has 1 aromatic rings. The van der Waals surface area contributed by atoms with Crippen molar-refractivity contribution in [2.45, 2.75) is 20.0 Å². The van der Waals surface area contributed by atoms with Crippen molar-refractivity contribution in [3.05, 3.63) is 33.9 Å². The van der Waals surface area contributed by atoms with E-state index in [4.69, 9.17) is 10.00 Å². The van der Waals surface area contributed by atoms with Gasteiger partial charge in [-0.3, -0.25) is 10.1 Å². The first-order chi connectivity index (χ1) is 7.06. The number of rotatable bonds is 3. The van der Waals surface area contributed by atoms with Crippen LogP contribution >= 0.6 is 0 Å². The van der Waals surface area contributed by atoms with Gasteiger partial charge in [-0.2, -0.15) is 5.26 Å². The van der Waals surface area contributed by atoms with E-state index < -0.39 is 4.92 Å². The van der Waals surface area contributed by atoms with Gasteiger partial charge >= 0.3 is 5.69 Å². The van der Waals surface area contributed by atoms with Crippen molar-refractivity contribution in [1.29, 1.82) is 5.26 Å². The van der Waals surface area contributed by atoms with Crippen LogP contribution in [0.1, 0.15) is 19.4 Å². The van der Waals surface area contributed by atoms with Gasteiger partial charge < -0.3 is 4.74 Å². The summed E-state index contributed by atoms with van der Waals surface area (Å²) in [6, 6.07) is 6.14. The highest BCUT2D eigenvalue weighted by Gasteiger charge is 2.19. The lowest BCUT2D eigenvalue weighted by Crippen LogP contribution is -2.08. The lowest BCUT2D eigenvalue weighted by Gasteiger charge is -2.10. The van der Waals surface area contributed by atoms with Crippen molar-refractivity contribution in [2.24, 2.45) is 0 Å². The zero-order chi connectivity index (χ0) is 11.4. The molecule has 1 aromatic carbocycles. The number of para-hydroxylation sites is 1. The molecule has 0 aliphatic carbocycles. The summed E-state index contributed by atoms with van der Waals surface area (Å²) in [5.41, 5.74) is 0.000602. The highest BCUT2D eigenvalue weighted by molar-refractivity contribution is 5.56. The first-order valence-corrected chi connectivity index (χ1v) is 4.40. The fourth-order valence-corrected chi connectivity index (χ4v) is 1.12. The van der Waals surface area contributed by atoms with Crippen molar-refractivity contribution in [1.82, 2.24) is 0 Å². The lowest BCUT2D eigenvalue weighted by atomic mass is 10.2. The second-order valence-electron chi connectivity index (χ2n) is 3.19. The summed E-state index contributed by atoms with van der Waals surface area (Å²) in [7, 11) is 0. The number of hydrogen-bond acceptors (Lipinski definition) is 4. The number of nitriles is 1. The predicted molar refractivity (Wildman–Crippen MR) is 53.6 cm³/mol. The van der Waals surface area contributed by atoms with E-state index in [-0.39, 0.29) is 23.1 Å². The monoisotopic (exact) mass is 206 g/mol. The Bertz CT molecular complexity index is 421. The van der Waals surface area contributed by atoms with Gasteiger partial charge in [0.25, 0.3) is 0 Å². The number of hydrogen-bond donors (Lipinski definition) is 0. The van der Waals surface area contributed by atoms with Crippen LogP contribution in [0.4, 0.5) is 5.69 Å². The molecule has 5 nitrogen and oxygen atoms in total. The largest absolute Gasteiger partial charge is 0.483 e. The smallest absolute Gasteiger partial charge is 0.312 e. The third-order valence-electron chi connectivity index (χ3n) is 1.66. The number of nitro groups is 1. The molecule has 0 heterocycles. The third-order valence-corrected chi connectivity index (χ3v) is 1.66. The molecule has 0 aliphatic rings. The number of ether oxygens (including phenoxy) is 1. The van der Waals surface area contributed by atoms with E-state index >= 15 is 0 Å². The predicted octanol–water partition coefficient (Wildman–Crippen LogP) is 2.25. The molecule has 15 heavy (non-hydrogen) atoms. The molecule has 0 spiro atoms. The van der Waals surface area contributed by atoms with E-state index in [1.54, 1.807) is 13.8 Å². The molecule has 0 atom stereocenters. The summed E-state index contributed by atoms with van der Waals surface area (Å²) in [6.07, 6.45) is -0.210. The molecule has 0 saturated carbocycles. The van der Waals surface area contributed by atoms with Crippen molar-refractivity contribution in [3.63, 3.8) is 0 Å². The van der Waals surface area contributed by atoms with Gasteiger partial charge in [-0.15, -0.1) is 0 Å². The van der Waals surface area contributed by atoms with Gasteiger partial charge in [-0.25, -0.2) is 0 Å². The Balaban J connectivity index is 3.28. The third kappa shape index (κ3) is 2.44. The quantitative estimate of drug-likeness (QED) is 0.561. The number of nitro benzene ring substituents is 1. The standard InChI is InChI=1S/C10H10N2O3/c1-7(2)15-10-8(6-11)4-3-5-9(10)12(13)14/h3-5,7H,1-2H3. The number of nitrogens with zero attached hydrogens (tertiary/aromatic N) is 2. The molecule has 0 radical (unpaired) electrons. The fraction of sp³-hybridized carbons (Fsp3) is 0.300. The molecule has 78 valence electrons. The minimum absolute atomic E-state index is 0.0417. The van der Waals surface area contributed by atoms with Crippen LogP contribution < -0.4 is 4.74 Å². The van der Waals surface area contributed by atoms with E-state index in [0.717, 1.165) is 0 Å². The van der Waals surface area contributed by atoms with Gasteiger partial charge in [0.15, 0.2) is 0 Å². The van der Waals surface area contributed by atoms with Crippen LogP contribution in [-0.2, 0) is 0 Å². The molecule has 5 heteroatoms. The van der Waals surface area contributed by atoms with Crippen molar-refractivity contribution < 1.29 is 9.66 Å². The van der Waals surface area contributed by atoms with Crippen molar-refractivity contribution in [2.75, 3.05) is 0 Å². The summed E-state index contributed by atoms with van der Waals surface area (Å²) in [4.78, 5) is 10.1. The Morgan fingerprint density at radius 1 is 1.53 bits per heavy atom. The van der Waals surface area contributed by atoms with Crippen LogP contribution in [0.3, 0.4) is 0 Å². The molecule has 0 fully saturated rings. The first kappa shape index (κ1) is 11.0. The second-order valence-corrected chi connectivity index (χ2v) is 3.19. The van der Waals surface area contributed by atoms with Gasteiger partial charge in [0, 0.05) is 6.07 Å². The molecule has 0 aliphatic heterocycles. The van der Waals surface area contributed by atoms with Crippen LogP contribution in [0.15, 0.2) is 18.2 Å². The normalized spacial score (nSPS) is 9.73. The maximum Gasteiger partial charge on any atom is 0.312 e. The minimum atomic E-state index is -0.557. The van der Waals surface area contributed by atoms with Gasteiger partial charge in [0.1, 0.15) is 11.6 Å². The molecule has 0 N–H and O–H groups in total. The fourth-order valence-electron chi connectivity index (χ4n) is 1.12. The summed E-state index contributed by atoms with van der Waals surface area (Å²) >= 11 is 0. The molecular weight excluding hydrogens is 196 g/mol. The van der Waals surface area contributed by atoms with Crippen molar-refractivity contribution in [3.8, 4) is 11.8 Å². The van der Waals surface area contributed by atoms with Gasteiger partial charge in [-0.1, -0.05) is 6.07 Å².